The molecule has 1 unspecified atom stereocenters. The fraction of sp³-hybridized carbons (Fsp3) is 0.300. The molecule has 0 aliphatic carbocycles. The van der Waals surface area contributed by atoms with Crippen molar-refractivity contribution in [3.8, 4) is 5.75 Å². The van der Waals surface area contributed by atoms with Gasteiger partial charge in [0.15, 0.2) is 0 Å². The summed E-state index contributed by atoms with van der Waals surface area (Å²) in [5.74, 6) is 1.17. The average molecular weight is 308 g/mol. The second-order valence-corrected chi connectivity index (χ2v) is 5.96. The Kier molecular flexibility index (Phi) is 4.68. The minimum absolute atomic E-state index is 0.295. The standard InChI is InChI=1S/C20H24N2O/c1-3-14-4-6-15(7-5-14)10-16(12-21)19-13-22-20-9-8-17(23-2)11-18(19)20/h4-9,11,13,16,22H,3,10,12,21H2,1-2H3. The van der Waals surface area contributed by atoms with E-state index in [1.165, 1.54) is 22.1 Å². The molecule has 120 valence electrons. The number of aryl methyl sites for hydroxylation is 1. The predicted octanol–water partition coefficient (Wildman–Crippen LogP) is 4.02. The highest BCUT2D eigenvalue weighted by Gasteiger charge is 2.16. The van der Waals surface area contributed by atoms with E-state index < -0.39 is 0 Å². The second-order valence-electron chi connectivity index (χ2n) is 5.96. The third-order valence-corrected chi connectivity index (χ3v) is 4.56. The zero-order chi connectivity index (χ0) is 16.2. The molecule has 1 heterocycles. The van der Waals surface area contributed by atoms with Gasteiger partial charge in [0.1, 0.15) is 5.75 Å². The molecule has 2 aromatic carbocycles. The van der Waals surface area contributed by atoms with Crippen LogP contribution in [0.5, 0.6) is 5.75 Å². The van der Waals surface area contributed by atoms with Gasteiger partial charge < -0.3 is 15.5 Å². The molecule has 0 aliphatic heterocycles. The van der Waals surface area contributed by atoms with Crippen LogP contribution >= 0.6 is 0 Å². The summed E-state index contributed by atoms with van der Waals surface area (Å²) in [7, 11) is 1.70. The predicted molar refractivity (Wildman–Crippen MR) is 96.2 cm³/mol. The lowest BCUT2D eigenvalue weighted by atomic mass is 9.91. The number of H-pyrrole nitrogens is 1. The molecule has 0 spiro atoms. The summed E-state index contributed by atoms with van der Waals surface area (Å²) in [5.41, 5.74) is 11.2. The van der Waals surface area contributed by atoms with E-state index in [2.05, 4.69) is 54.5 Å². The van der Waals surface area contributed by atoms with Crippen molar-refractivity contribution in [3.05, 3.63) is 65.4 Å². The van der Waals surface area contributed by atoms with Gasteiger partial charge in [-0.1, -0.05) is 31.2 Å². The zero-order valence-corrected chi connectivity index (χ0v) is 13.8. The fourth-order valence-corrected chi connectivity index (χ4v) is 3.10. The number of aromatic amines is 1. The first-order valence-electron chi connectivity index (χ1n) is 8.18. The third kappa shape index (κ3) is 3.25. The monoisotopic (exact) mass is 308 g/mol. The normalized spacial score (nSPS) is 12.5. The molecule has 0 radical (unpaired) electrons. The van der Waals surface area contributed by atoms with Gasteiger partial charge >= 0.3 is 0 Å². The molecule has 23 heavy (non-hydrogen) atoms. The lowest BCUT2D eigenvalue weighted by Gasteiger charge is -2.15. The van der Waals surface area contributed by atoms with Gasteiger partial charge in [0, 0.05) is 23.0 Å². The van der Waals surface area contributed by atoms with Crippen molar-refractivity contribution in [2.24, 2.45) is 5.73 Å². The van der Waals surface area contributed by atoms with Gasteiger partial charge in [-0.25, -0.2) is 0 Å². The molecule has 0 saturated carbocycles. The first-order chi connectivity index (χ1) is 11.2. The lowest BCUT2D eigenvalue weighted by Crippen LogP contribution is -2.14. The number of aromatic nitrogens is 1. The topological polar surface area (TPSA) is 51.0 Å². The maximum absolute atomic E-state index is 6.08. The first-order valence-corrected chi connectivity index (χ1v) is 8.18. The van der Waals surface area contributed by atoms with Crippen molar-refractivity contribution >= 4 is 10.9 Å². The Balaban J connectivity index is 1.90. The summed E-state index contributed by atoms with van der Waals surface area (Å²) >= 11 is 0. The van der Waals surface area contributed by atoms with E-state index in [0.717, 1.165) is 24.1 Å². The molecule has 3 N–H and O–H groups in total. The lowest BCUT2D eigenvalue weighted by molar-refractivity contribution is 0.415. The van der Waals surface area contributed by atoms with Crippen LogP contribution in [0.2, 0.25) is 0 Å². The van der Waals surface area contributed by atoms with E-state index in [1.807, 2.05) is 6.07 Å². The number of benzene rings is 2. The van der Waals surface area contributed by atoms with Crippen molar-refractivity contribution in [1.29, 1.82) is 0 Å². The molecule has 0 aliphatic rings. The smallest absolute Gasteiger partial charge is 0.119 e. The molecule has 1 atom stereocenters. The van der Waals surface area contributed by atoms with Gasteiger partial charge in [0.2, 0.25) is 0 Å². The Morgan fingerprint density at radius 1 is 1.09 bits per heavy atom. The van der Waals surface area contributed by atoms with Gasteiger partial charge in [-0.15, -0.1) is 0 Å². The highest BCUT2D eigenvalue weighted by atomic mass is 16.5. The molecule has 1 aromatic heterocycles. The van der Waals surface area contributed by atoms with E-state index in [4.69, 9.17) is 10.5 Å². The number of fused-ring (bicyclic) bond motifs is 1. The Morgan fingerprint density at radius 2 is 1.83 bits per heavy atom. The molecule has 3 heteroatoms. The van der Waals surface area contributed by atoms with Gasteiger partial charge in [-0.2, -0.15) is 0 Å². The number of hydrogen-bond donors (Lipinski definition) is 2. The van der Waals surface area contributed by atoms with Crippen LogP contribution in [-0.4, -0.2) is 18.6 Å². The molecule has 0 fully saturated rings. The molecular formula is C20H24N2O. The Labute approximate surface area is 137 Å². The SMILES string of the molecule is CCc1ccc(CC(CN)c2c[nH]c3ccc(OC)cc23)cc1. The van der Waals surface area contributed by atoms with E-state index in [9.17, 15) is 0 Å². The molecule has 0 amide bonds. The van der Waals surface area contributed by atoms with Crippen molar-refractivity contribution < 1.29 is 4.74 Å². The number of rotatable bonds is 6. The fourth-order valence-electron chi connectivity index (χ4n) is 3.10. The van der Waals surface area contributed by atoms with E-state index >= 15 is 0 Å². The highest BCUT2D eigenvalue weighted by Crippen LogP contribution is 2.30. The van der Waals surface area contributed by atoms with Gasteiger partial charge in [0.05, 0.1) is 7.11 Å². The van der Waals surface area contributed by atoms with Crippen LogP contribution in [0.4, 0.5) is 0 Å². The maximum Gasteiger partial charge on any atom is 0.119 e. The highest BCUT2D eigenvalue weighted by molar-refractivity contribution is 5.85. The maximum atomic E-state index is 6.08. The van der Waals surface area contributed by atoms with Crippen LogP contribution in [0.3, 0.4) is 0 Å². The summed E-state index contributed by atoms with van der Waals surface area (Å²) in [6.07, 6.45) is 4.11. The third-order valence-electron chi connectivity index (χ3n) is 4.56. The van der Waals surface area contributed by atoms with Crippen LogP contribution in [0, 0.1) is 0 Å². The Morgan fingerprint density at radius 3 is 2.48 bits per heavy atom. The molecule has 0 bridgehead atoms. The van der Waals surface area contributed by atoms with Crippen LogP contribution in [0.1, 0.15) is 29.5 Å². The van der Waals surface area contributed by atoms with Crippen molar-refractivity contribution in [1.82, 2.24) is 4.98 Å². The van der Waals surface area contributed by atoms with Gasteiger partial charge in [0.25, 0.3) is 0 Å². The summed E-state index contributed by atoms with van der Waals surface area (Å²) < 4.78 is 5.36. The molecular weight excluding hydrogens is 284 g/mol. The van der Waals surface area contributed by atoms with E-state index in [1.54, 1.807) is 7.11 Å². The number of nitrogens with two attached hydrogens (primary N) is 1. The second kappa shape index (κ2) is 6.88. The summed E-state index contributed by atoms with van der Waals surface area (Å²) in [6.45, 7) is 2.80. The number of ether oxygens (including phenoxy) is 1. The minimum Gasteiger partial charge on any atom is -0.497 e. The van der Waals surface area contributed by atoms with E-state index in [-0.39, 0.29) is 0 Å². The van der Waals surface area contributed by atoms with Crippen molar-refractivity contribution in [2.45, 2.75) is 25.7 Å². The summed E-state index contributed by atoms with van der Waals surface area (Å²) in [6, 6.07) is 15.0. The molecule has 3 nitrogen and oxygen atoms in total. The average Bonchev–Trinajstić information content (AvgIpc) is 3.03. The number of nitrogens with one attached hydrogen (secondary N) is 1. The molecule has 0 saturated heterocycles. The van der Waals surface area contributed by atoms with Crippen LogP contribution < -0.4 is 10.5 Å². The molecule has 3 rings (SSSR count). The van der Waals surface area contributed by atoms with Gasteiger partial charge in [-0.05, 0) is 54.3 Å². The Hall–Kier alpha value is -2.26. The number of methoxy groups -OCH3 is 1. The largest absolute Gasteiger partial charge is 0.497 e. The Bertz CT molecular complexity index is 774. The summed E-state index contributed by atoms with van der Waals surface area (Å²) in [5, 5.41) is 1.20. The zero-order valence-electron chi connectivity index (χ0n) is 13.8. The van der Waals surface area contributed by atoms with Gasteiger partial charge in [-0.3, -0.25) is 0 Å². The minimum atomic E-state index is 0.295. The van der Waals surface area contributed by atoms with Crippen molar-refractivity contribution in [2.75, 3.05) is 13.7 Å². The summed E-state index contributed by atoms with van der Waals surface area (Å²) in [4.78, 5) is 3.35. The van der Waals surface area contributed by atoms with E-state index in [0.29, 0.717) is 12.5 Å². The number of hydrogen-bond acceptors (Lipinski definition) is 2. The molecule has 3 aromatic rings. The quantitative estimate of drug-likeness (QED) is 0.722. The van der Waals surface area contributed by atoms with Crippen LogP contribution in [-0.2, 0) is 12.8 Å². The first kappa shape index (κ1) is 15.6. The van der Waals surface area contributed by atoms with Crippen LogP contribution in [0.15, 0.2) is 48.7 Å². The van der Waals surface area contributed by atoms with Crippen molar-refractivity contribution in [3.63, 3.8) is 0 Å². The van der Waals surface area contributed by atoms with Crippen LogP contribution in [0.25, 0.3) is 10.9 Å².